The number of rotatable bonds is 2. The van der Waals surface area contributed by atoms with Crippen LogP contribution in [0.15, 0.2) is 0 Å². The highest BCUT2D eigenvalue weighted by Gasteiger charge is 2.59. The van der Waals surface area contributed by atoms with Crippen LogP contribution in [0.4, 0.5) is 0 Å². The molecular formula is C17H29N. The van der Waals surface area contributed by atoms with Crippen molar-refractivity contribution >= 4 is 0 Å². The molecule has 18 heavy (non-hydrogen) atoms. The molecule has 0 aliphatic heterocycles. The van der Waals surface area contributed by atoms with Crippen LogP contribution in [0.2, 0.25) is 0 Å². The van der Waals surface area contributed by atoms with Gasteiger partial charge in [0.25, 0.3) is 0 Å². The van der Waals surface area contributed by atoms with Crippen LogP contribution in [-0.2, 0) is 0 Å². The molecule has 1 nitrogen and oxygen atoms in total. The number of nitrogens with one attached hydrogen (secondary N) is 1. The van der Waals surface area contributed by atoms with Crippen molar-refractivity contribution < 1.29 is 0 Å². The highest BCUT2D eigenvalue weighted by Crippen LogP contribution is 2.65. The molecular weight excluding hydrogens is 218 g/mol. The van der Waals surface area contributed by atoms with E-state index in [1.54, 1.807) is 19.3 Å². The van der Waals surface area contributed by atoms with Crippen molar-refractivity contribution in [3.63, 3.8) is 0 Å². The van der Waals surface area contributed by atoms with Crippen molar-refractivity contribution in [2.45, 2.75) is 77.8 Å². The topological polar surface area (TPSA) is 12.0 Å². The fraction of sp³-hybridized carbons (Fsp3) is 1.00. The Morgan fingerprint density at radius 3 is 2.06 bits per heavy atom. The normalized spacial score (nSPS) is 50.8. The van der Waals surface area contributed by atoms with Crippen molar-refractivity contribution in [1.82, 2.24) is 5.32 Å². The Labute approximate surface area is 112 Å². The molecule has 2 unspecified atom stereocenters. The van der Waals surface area contributed by atoms with E-state index in [-0.39, 0.29) is 0 Å². The van der Waals surface area contributed by atoms with Crippen LogP contribution in [0.1, 0.15) is 65.7 Å². The third kappa shape index (κ3) is 1.62. The van der Waals surface area contributed by atoms with Gasteiger partial charge in [-0.25, -0.2) is 0 Å². The summed E-state index contributed by atoms with van der Waals surface area (Å²) < 4.78 is 0. The van der Waals surface area contributed by atoms with Crippen LogP contribution in [-0.4, -0.2) is 12.1 Å². The van der Waals surface area contributed by atoms with Gasteiger partial charge in [-0.15, -0.1) is 0 Å². The fourth-order valence-corrected chi connectivity index (χ4v) is 5.74. The molecule has 5 aliphatic rings. The monoisotopic (exact) mass is 247 g/mol. The zero-order chi connectivity index (χ0) is 12.5. The van der Waals surface area contributed by atoms with E-state index in [9.17, 15) is 0 Å². The van der Waals surface area contributed by atoms with Gasteiger partial charge in [-0.2, -0.15) is 0 Å². The van der Waals surface area contributed by atoms with Crippen molar-refractivity contribution in [2.24, 2.45) is 28.6 Å². The van der Waals surface area contributed by atoms with Gasteiger partial charge in [-0.3, -0.25) is 0 Å². The molecule has 0 aromatic rings. The molecule has 2 atom stereocenters. The summed E-state index contributed by atoms with van der Waals surface area (Å²) in [6.07, 6.45) is 10.6. The summed E-state index contributed by atoms with van der Waals surface area (Å²) in [4.78, 5) is 0. The minimum absolute atomic E-state index is 0.521. The first-order chi connectivity index (χ1) is 8.47. The van der Waals surface area contributed by atoms with E-state index in [1.165, 1.54) is 25.7 Å². The van der Waals surface area contributed by atoms with Crippen molar-refractivity contribution in [3.05, 3.63) is 0 Å². The molecule has 0 radical (unpaired) electrons. The third-order valence-corrected chi connectivity index (χ3v) is 6.87. The maximum atomic E-state index is 4.00. The van der Waals surface area contributed by atoms with E-state index in [0.717, 1.165) is 29.8 Å². The van der Waals surface area contributed by atoms with Crippen LogP contribution in [0.3, 0.4) is 0 Å². The summed E-state index contributed by atoms with van der Waals surface area (Å²) in [5.74, 6) is 3.09. The largest absolute Gasteiger partial charge is 0.311 e. The molecule has 0 saturated heterocycles. The lowest BCUT2D eigenvalue weighted by atomic mass is 9.42. The Hall–Kier alpha value is -0.0400. The summed E-state index contributed by atoms with van der Waals surface area (Å²) >= 11 is 0. The Bertz CT molecular complexity index is 333. The van der Waals surface area contributed by atoms with Gasteiger partial charge in [-0.05, 0) is 73.5 Å². The molecule has 1 N–H and O–H groups in total. The smallest absolute Gasteiger partial charge is 0.0127 e. The van der Waals surface area contributed by atoms with E-state index in [1.807, 2.05) is 0 Å². The third-order valence-electron chi connectivity index (χ3n) is 6.87. The van der Waals surface area contributed by atoms with Gasteiger partial charge in [-0.1, -0.05) is 20.8 Å². The van der Waals surface area contributed by atoms with Gasteiger partial charge in [0.15, 0.2) is 0 Å². The number of hydrogen-bond acceptors (Lipinski definition) is 1. The van der Waals surface area contributed by atoms with Gasteiger partial charge in [0.2, 0.25) is 0 Å². The van der Waals surface area contributed by atoms with Crippen LogP contribution in [0, 0.1) is 28.6 Å². The predicted octanol–water partition coefficient (Wildman–Crippen LogP) is 3.98. The van der Waals surface area contributed by atoms with Gasteiger partial charge in [0.05, 0.1) is 0 Å². The summed E-state index contributed by atoms with van der Waals surface area (Å²) in [6.45, 7) is 7.51. The summed E-state index contributed by atoms with van der Waals surface area (Å²) in [6, 6.07) is 1.79. The molecule has 5 saturated carbocycles. The highest BCUT2D eigenvalue weighted by molar-refractivity contribution is 5.11. The zero-order valence-electron chi connectivity index (χ0n) is 12.3. The van der Waals surface area contributed by atoms with Gasteiger partial charge < -0.3 is 5.32 Å². The summed E-state index contributed by atoms with van der Waals surface area (Å²) in [5.41, 5.74) is 1.21. The van der Waals surface area contributed by atoms with Crippen LogP contribution in [0.25, 0.3) is 0 Å². The minimum atomic E-state index is 0.521. The predicted molar refractivity (Wildman–Crippen MR) is 75.4 cm³/mol. The quantitative estimate of drug-likeness (QED) is 0.778. The maximum Gasteiger partial charge on any atom is 0.0127 e. The number of hydrogen-bond donors (Lipinski definition) is 1. The molecule has 5 fully saturated rings. The second-order valence-corrected chi connectivity index (χ2v) is 8.97. The van der Waals surface area contributed by atoms with Crippen molar-refractivity contribution in [2.75, 3.05) is 0 Å². The van der Waals surface area contributed by atoms with E-state index in [4.69, 9.17) is 0 Å². The lowest BCUT2D eigenvalue weighted by Crippen LogP contribution is -2.61. The molecule has 102 valence electrons. The van der Waals surface area contributed by atoms with Crippen molar-refractivity contribution in [1.29, 1.82) is 0 Å². The molecule has 0 heterocycles. The highest BCUT2D eigenvalue weighted by atomic mass is 15.0. The minimum Gasteiger partial charge on any atom is -0.311 e. The molecule has 0 spiro atoms. The van der Waals surface area contributed by atoms with Crippen LogP contribution >= 0.6 is 0 Å². The van der Waals surface area contributed by atoms with Crippen LogP contribution in [0.5, 0.6) is 0 Å². The average molecular weight is 247 g/mol. The molecule has 0 aromatic heterocycles. The Morgan fingerprint density at radius 2 is 1.56 bits per heavy atom. The van der Waals surface area contributed by atoms with E-state index in [0.29, 0.717) is 10.8 Å². The maximum absolute atomic E-state index is 4.00. The van der Waals surface area contributed by atoms with E-state index in [2.05, 4.69) is 26.1 Å². The van der Waals surface area contributed by atoms with Crippen LogP contribution < -0.4 is 5.32 Å². The molecule has 4 bridgehead atoms. The second kappa shape index (κ2) is 3.53. The summed E-state index contributed by atoms with van der Waals surface area (Å²) in [7, 11) is 0. The first kappa shape index (κ1) is 11.8. The van der Waals surface area contributed by atoms with E-state index < -0.39 is 0 Å². The Kier molecular flexibility index (Phi) is 2.31. The molecule has 1 heteroatoms. The Balaban J connectivity index is 1.60. The molecule has 0 aromatic carbocycles. The lowest BCUT2D eigenvalue weighted by Gasteiger charge is -2.64. The van der Waals surface area contributed by atoms with Gasteiger partial charge in [0, 0.05) is 12.1 Å². The lowest BCUT2D eigenvalue weighted by molar-refractivity contribution is -0.129. The average Bonchev–Trinajstić information content (AvgIpc) is 3.04. The standard InChI is InChI=1S/C17H29N/c1-16(2,3)17-8-11-6-12(9-17)15(13(7-11)10-17)18-14-4-5-14/h11-15,18H,4-10H2,1-3H3. The van der Waals surface area contributed by atoms with Crippen molar-refractivity contribution in [3.8, 4) is 0 Å². The molecule has 5 aliphatic carbocycles. The fourth-order valence-electron chi connectivity index (χ4n) is 5.74. The second-order valence-electron chi connectivity index (χ2n) is 8.97. The molecule has 5 rings (SSSR count). The summed E-state index contributed by atoms with van der Waals surface area (Å²) in [5, 5.41) is 4.00. The SMILES string of the molecule is CC(C)(C)C12CC3CC(C1)C(NC1CC1)C(C3)C2. The zero-order valence-corrected chi connectivity index (χ0v) is 12.3. The van der Waals surface area contributed by atoms with E-state index >= 15 is 0 Å². The molecule has 0 amide bonds. The van der Waals surface area contributed by atoms with Gasteiger partial charge in [0.1, 0.15) is 0 Å². The van der Waals surface area contributed by atoms with Gasteiger partial charge >= 0.3 is 0 Å². The first-order valence-electron chi connectivity index (χ1n) is 8.23. The first-order valence-corrected chi connectivity index (χ1v) is 8.23. The Morgan fingerprint density at radius 1 is 0.944 bits per heavy atom.